The standard InChI is InChI=1S/C16H18N4O/c1-11-7-8-15(17-10-11)18-16(21)14-9-13(19-20-14)12-5-3-2-4-6-12/h2-8,10,13-14,19-20H,9H2,1H3,(H,17,18,21). The van der Waals surface area contributed by atoms with Gasteiger partial charge in [-0.2, -0.15) is 0 Å². The predicted molar refractivity (Wildman–Crippen MR) is 81.5 cm³/mol. The molecule has 3 rings (SSSR count). The molecule has 0 bridgehead atoms. The monoisotopic (exact) mass is 282 g/mol. The summed E-state index contributed by atoms with van der Waals surface area (Å²) in [5, 5.41) is 2.83. The molecule has 5 heteroatoms. The maximum atomic E-state index is 12.2. The molecule has 1 fully saturated rings. The van der Waals surface area contributed by atoms with Gasteiger partial charge in [-0.05, 0) is 30.5 Å². The molecule has 0 saturated carbocycles. The van der Waals surface area contributed by atoms with Crippen LogP contribution in [0.1, 0.15) is 23.6 Å². The molecule has 2 unspecified atom stereocenters. The number of nitrogens with zero attached hydrogens (tertiary/aromatic N) is 1. The second-order valence-corrected chi connectivity index (χ2v) is 5.25. The van der Waals surface area contributed by atoms with Crippen LogP contribution in [0.4, 0.5) is 5.82 Å². The fraction of sp³-hybridized carbons (Fsp3) is 0.250. The van der Waals surface area contributed by atoms with E-state index in [1.165, 1.54) is 5.56 Å². The number of aromatic nitrogens is 1. The lowest BCUT2D eigenvalue weighted by molar-refractivity contribution is -0.117. The summed E-state index contributed by atoms with van der Waals surface area (Å²) in [7, 11) is 0. The zero-order valence-electron chi connectivity index (χ0n) is 11.8. The van der Waals surface area contributed by atoms with Crippen LogP contribution >= 0.6 is 0 Å². The van der Waals surface area contributed by atoms with E-state index in [0.29, 0.717) is 12.2 Å². The molecular formula is C16H18N4O. The minimum absolute atomic E-state index is 0.0720. The maximum absolute atomic E-state index is 12.2. The van der Waals surface area contributed by atoms with Gasteiger partial charge in [0, 0.05) is 12.2 Å². The Kier molecular flexibility index (Phi) is 3.94. The van der Waals surface area contributed by atoms with Crippen LogP contribution in [0.15, 0.2) is 48.7 Å². The summed E-state index contributed by atoms with van der Waals surface area (Å²) in [4.78, 5) is 16.4. The lowest BCUT2D eigenvalue weighted by atomic mass is 10.0. The summed E-state index contributed by atoms with van der Waals surface area (Å²) in [5.41, 5.74) is 8.46. The van der Waals surface area contributed by atoms with Crippen molar-refractivity contribution in [2.75, 3.05) is 5.32 Å². The second-order valence-electron chi connectivity index (χ2n) is 5.25. The second kappa shape index (κ2) is 6.03. The Morgan fingerprint density at radius 1 is 1.19 bits per heavy atom. The summed E-state index contributed by atoms with van der Waals surface area (Å²) in [6.45, 7) is 1.96. The van der Waals surface area contributed by atoms with E-state index in [-0.39, 0.29) is 18.0 Å². The van der Waals surface area contributed by atoms with Crippen molar-refractivity contribution in [3.8, 4) is 0 Å². The summed E-state index contributed by atoms with van der Waals surface area (Å²) in [6, 6.07) is 13.7. The largest absolute Gasteiger partial charge is 0.309 e. The number of benzene rings is 1. The zero-order chi connectivity index (χ0) is 14.7. The molecule has 2 aromatic rings. The Morgan fingerprint density at radius 2 is 2.00 bits per heavy atom. The number of pyridine rings is 1. The first kappa shape index (κ1) is 13.7. The summed E-state index contributed by atoms with van der Waals surface area (Å²) < 4.78 is 0. The molecule has 3 N–H and O–H groups in total. The third kappa shape index (κ3) is 3.26. The summed E-state index contributed by atoms with van der Waals surface area (Å²) in [5.74, 6) is 0.507. The Morgan fingerprint density at radius 3 is 2.71 bits per heavy atom. The van der Waals surface area contributed by atoms with E-state index in [9.17, 15) is 4.79 Å². The third-order valence-corrected chi connectivity index (χ3v) is 3.58. The molecule has 1 aromatic carbocycles. The molecule has 1 aliphatic rings. The highest BCUT2D eigenvalue weighted by molar-refractivity contribution is 5.94. The molecule has 0 aliphatic carbocycles. The first-order chi connectivity index (χ1) is 10.2. The number of rotatable bonds is 3. The Hall–Kier alpha value is -2.24. The number of carbonyl (C=O) groups excluding carboxylic acids is 1. The van der Waals surface area contributed by atoms with Crippen LogP contribution in [0, 0.1) is 6.92 Å². The SMILES string of the molecule is Cc1ccc(NC(=O)C2CC(c3ccccc3)NN2)nc1. The van der Waals surface area contributed by atoms with Crippen molar-refractivity contribution in [1.82, 2.24) is 15.8 Å². The van der Waals surface area contributed by atoms with Crippen LogP contribution in [-0.2, 0) is 4.79 Å². The van der Waals surface area contributed by atoms with Gasteiger partial charge in [-0.25, -0.2) is 15.8 Å². The van der Waals surface area contributed by atoms with E-state index >= 15 is 0 Å². The molecule has 1 aromatic heterocycles. The molecule has 5 nitrogen and oxygen atoms in total. The van der Waals surface area contributed by atoms with E-state index in [1.54, 1.807) is 6.20 Å². The van der Waals surface area contributed by atoms with Crippen LogP contribution in [0.2, 0.25) is 0 Å². The molecule has 0 spiro atoms. The van der Waals surface area contributed by atoms with Gasteiger partial charge in [-0.3, -0.25) is 4.79 Å². The topological polar surface area (TPSA) is 66.1 Å². The van der Waals surface area contributed by atoms with Gasteiger partial charge >= 0.3 is 0 Å². The smallest absolute Gasteiger partial charge is 0.244 e. The predicted octanol–water partition coefficient (Wildman–Crippen LogP) is 1.94. The van der Waals surface area contributed by atoms with E-state index in [0.717, 1.165) is 5.56 Å². The van der Waals surface area contributed by atoms with Gasteiger partial charge in [0.2, 0.25) is 5.91 Å². The first-order valence-corrected chi connectivity index (χ1v) is 7.02. The van der Waals surface area contributed by atoms with Crippen molar-refractivity contribution in [3.05, 3.63) is 59.8 Å². The third-order valence-electron chi connectivity index (χ3n) is 3.58. The molecule has 2 heterocycles. The van der Waals surface area contributed by atoms with Crippen LogP contribution < -0.4 is 16.2 Å². The summed E-state index contributed by atoms with van der Waals surface area (Å²) >= 11 is 0. The molecule has 1 saturated heterocycles. The number of amides is 1. The number of anilines is 1. The van der Waals surface area contributed by atoms with Gasteiger partial charge < -0.3 is 5.32 Å². The van der Waals surface area contributed by atoms with E-state index < -0.39 is 0 Å². The van der Waals surface area contributed by atoms with Crippen molar-refractivity contribution in [2.24, 2.45) is 0 Å². The van der Waals surface area contributed by atoms with E-state index in [2.05, 4.69) is 33.3 Å². The number of hydrazine groups is 1. The fourth-order valence-corrected chi connectivity index (χ4v) is 2.39. The van der Waals surface area contributed by atoms with Crippen LogP contribution in [0.25, 0.3) is 0 Å². The van der Waals surface area contributed by atoms with Crippen LogP contribution in [-0.4, -0.2) is 16.9 Å². The minimum atomic E-state index is -0.265. The number of carbonyl (C=O) groups is 1. The van der Waals surface area contributed by atoms with Crippen molar-refractivity contribution in [1.29, 1.82) is 0 Å². The molecule has 1 amide bonds. The normalized spacial score (nSPS) is 21.2. The van der Waals surface area contributed by atoms with Crippen molar-refractivity contribution >= 4 is 11.7 Å². The average molecular weight is 282 g/mol. The Labute approximate surface area is 123 Å². The van der Waals surface area contributed by atoms with Gasteiger partial charge in [0.25, 0.3) is 0 Å². The van der Waals surface area contributed by atoms with Crippen molar-refractivity contribution in [2.45, 2.75) is 25.4 Å². The first-order valence-electron chi connectivity index (χ1n) is 7.02. The van der Waals surface area contributed by atoms with Gasteiger partial charge in [0.05, 0.1) is 0 Å². The molecule has 21 heavy (non-hydrogen) atoms. The maximum Gasteiger partial charge on any atom is 0.244 e. The molecule has 0 radical (unpaired) electrons. The highest BCUT2D eigenvalue weighted by Crippen LogP contribution is 2.22. The van der Waals surface area contributed by atoms with Gasteiger partial charge in [-0.15, -0.1) is 0 Å². The van der Waals surface area contributed by atoms with Crippen molar-refractivity contribution in [3.63, 3.8) is 0 Å². The zero-order valence-corrected chi connectivity index (χ0v) is 11.8. The van der Waals surface area contributed by atoms with E-state index in [1.807, 2.05) is 37.3 Å². The number of hydrogen-bond donors (Lipinski definition) is 3. The van der Waals surface area contributed by atoms with Gasteiger partial charge in [0.15, 0.2) is 0 Å². The Bertz CT molecular complexity index is 612. The van der Waals surface area contributed by atoms with Gasteiger partial charge in [0.1, 0.15) is 11.9 Å². The Balaban J connectivity index is 1.61. The number of aryl methyl sites for hydroxylation is 1. The molecule has 1 aliphatic heterocycles. The molecular weight excluding hydrogens is 264 g/mol. The van der Waals surface area contributed by atoms with E-state index in [4.69, 9.17) is 0 Å². The minimum Gasteiger partial charge on any atom is -0.309 e. The van der Waals surface area contributed by atoms with Crippen LogP contribution in [0.5, 0.6) is 0 Å². The number of hydrogen-bond acceptors (Lipinski definition) is 4. The highest BCUT2D eigenvalue weighted by atomic mass is 16.2. The number of nitrogens with one attached hydrogen (secondary N) is 3. The lowest BCUT2D eigenvalue weighted by Crippen LogP contribution is -2.39. The van der Waals surface area contributed by atoms with Crippen LogP contribution in [0.3, 0.4) is 0 Å². The average Bonchev–Trinajstić information content (AvgIpc) is 3.00. The van der Waals surface area contributed by atoms with Crippen molar-refractivity contribution < 1.29 is 4.79 Å². The molecule has 108 valence electrons. The fourth-order valence-electron chi connectivity index (χ4n) is 2.39. The van der Waals surface area contributed by atoms with Gasteiger partial charge in [-0.1, -0.05) is 36.4 Å². The summed E-state index contributed by atoms with van der Waals surface area (Å²) in [6.07, 6.45) is 2.45. The quantitative estimate of drug-likeness (QED) is 0.805. The highest BCUT2D eigenvalue weighted by Gasteiger charge is 2.30. The lowest BCUT2D eigenvalue weighted by Gasteiger charge is -2.10. The molecule has 2 atom stereocenters.